The average molecular weight is 459 g/mol. The van der Waals surface area contributed by atoms with Gasteiger partial charge in [-0.1, -0.05) is 24.3 Å². The van der Waals surface area contributed by atoms with Crippen LogP contribution in [0.25, 0.3) is 6.08 Å². The van der Waals surface area contributed by atoms with Crippen LogP contribution < -0.4 is 5.56 Å². The van der Waals surface area contributed by atoms with Gasteiger partial charge < -0.3 is 14.4 Å². The molecule has 0 unspecified atom stereocenters. The lowest BCUT2D eigenvalue weighted by molar-refractivity contribution is -0.148. The number of aliphatic hydroxyl groups is 1. The van der Waals surface area contributed by atoms with Crippen LogP contribution in [-0.2, 0) is 26.1 Å². The summed E-state index contributed by atoms with van der Waals surface area (Å²) >= 11 is 0. The molecule has 2 aromatic rings. The first kappa shape index (κ1) is 22.4. The minimum Gasteiger partial charge on any atom is -0.469 e. The molecule has 0 saturated carbocycles. The maximum atomic E-state index is 13.8. The molecule has 1 N–H and O–H groups in total. The molecule has 1 fully saturated rings. The number of hydrogen-bond acceptors (Lipinski definition) is 6. The first-order valence-corrected chi connectivity index (χ1v) is 11.9. The Labute approximate surface area is 186 Å². The van der Waals surface area contributed by atoms with Crippen LogP contribution >= 0.6 is 0 Å². The number of fused-ring (bicyclic) bond motifs is 4. The van der Waals surface area contributed by atoms with Crippen LogP contribution in [0.3, 0.4) is 0 Å². The van der Waals surface area contributed by atoms with E-state index < -0.39 is 46.5 Å². The van der Waals surface area contributed by atoms with Crippen LogP contribution in [0, 0.1) is 18.8 Å². The monoisotopic (exact) mass is 458 g/mol. The van der Waals surface area contributed by atoms with Gasteiger partial charge in [0.1, 0.15) is 0 Å². The Balaban J connectivity index is 1.96. The van der Waals surface area contributed by atoms with Crippen molar-refractivity contribution in [2.45, 2.75) is 37.4 Å². The van der Waals surface area contributed by atoms with Crippen LogP contribution in [0.15, 0.2) is 52.2 Å². The van der Waals surface area contributed by atoms with E-state index in [-0.39, 0.29) is 17.0 Å². The lowest BCUT2D eigenvalue weighted by Gasteiger charge is -2.37. The standard InChI is InChI=1S/C23H26N2O6S/c1-4-6-15-9-10-18-21-20(23(28)31-3)17(13-26)19(12-24(18)22(15)27)25(21)32(29,30)16-8-5-7-14(2)11-16/h4-11,17,19-21,26H,12-13H2,1-3H3/b6-4-/t17-,19-,20+,21+/m1/s1. The van der Waals surface area contributed by atoms with E-state index in [9.17, 15) is 23.1 Å². The second kappa shape index (κ2) is 8.31. The van der Waals surface area contributed by atoms with Gasteiger partial charge in [0.05, 0.1) is 24.0 Å². The molecule has 4 atom stereocenters. The number of allylic oxidation sites excluding steroid dienone is 1. The van der Waals surface area contributed by atoms with Gasteiger partial charge in [-0.15, -0.1) is 0 Å². The maximum absolute atomic E-state index is 13.8. The number of rotatable bonds is 5. The van der Waals surface area contributed by atoms with Crippen LogP contribution in [-0.4, -0.2) is 48.1 Å². The van der Waals surface area contributed by atoms with E-state index in [2.05, 4.69) is 0 Å². The second-order valence-electron chi connectivity index (χ2n) is 8.19. The van der Waals surface area contributed by atoms with Crippen LogP contribution in [0.5, 0.6) is 0 Å². The number of methoxy groups -OCH3 is 1. The highest BCUT2D eigenvalue weighted by atomic mass is 32.2. The Morgan fingerprint density at radius 3 is 2.66 bits per heavy atom. The Hall–Kier alpha value is -2.75. The number of aryl methyl sites for hydroxylation is 1. The topological polar surface area (TPSA) is 106 Å². The van der Waals surface area contributed by atoms with E-state index in [4.69, 9.17) is 4.74 Å². The zero-order valence-electron chi connectivity index (χ0n) is 18.1. The minimum absolute atomic E-state index is 0.0415. The number of pyridine rings is 1. The molecular formula is C23H26N2O6S. The molecule has 170 valence electrons. The van der Waals surface area contributed by atoms with Gasteiger partial charge in [0.15, 0.2) is 0 Å². The van der Waals surface area contributed by atoms with Crippen molar-refractivity contribution in [3.63, 3.8) is 0 Å². The normalized spacial score (nSPS) is 25.1. The highest BCUT2D eigenvalue weighted by molar-refractivity contribution is 7.89. The van der Waals surface area contributed by atoms with Crippen molar-refractivity contribution in [3.8, 4) is 0 Å². The zero-order chi connectivity index (χ0) is 23.2. The van der Waals surface area contributed by atoms with Crippen molar-refractivity contribution >= 4 is 22.1 Å². The number of sulfonamides is 1. The third kappa shape index (κ3) is 3.32. The SMILES string of the molecule is C/C=C\c1ccc2n(c1=O)C[C@@H]1[C@@H](CO)[C@H](C(=O)OC)[C@H]2N1S(=O)(=O)c1cccc(C)c1. The van der Waals surface area contributed by atoms with E-state index in [1.54, 1.807) is 56.3 Å². The predicted molar refractivity (Wildman–Crippen MR) is 118 cm³/mol. The molecule has 1 saturated heterocycles. The van der Waals surface area contributed by atoms with E-state index in [0.29, 0.717) is 11.3 Å². The molecule has 2 bridgehead atoms. The van der Waals surface area contributed by atoms with Gasteiger partial charge in [0.2, 0.25) is 10.0 Å². The number of hydrogen-bond donors (Lipinski definition) is 1. The van der Waals surface area contributed by atoms with Gasteiger partial charge in [0, 0.05) is 36.4 Å². The smallest absolute Gasteiger partial charge is 0.311 e. The Morgan fingerprint density at radius 2 is 2.03 bits per heavy atom. The second-order valence-corrected chi connectivity index (χ2v) is 10.0. The summed E-state index contributed by atoms with van der Waals surface area (Å²) in [4.78, 5) is 26.0. The zero-order valence-corrected chi connectivity index (χ0v) is 19.0. The molecule has 0 spiro atoms. The Morgan fingerprint density at radius 1 is 1.28 bits per heavy atom. The third-order valence-electron chi connectivity index (χ3n) is 6.40. The van der Waals surface area contributed by atoms with Gasteiger partial charge in [-0.25, -0.2) is 8.42 Å². The summed E-state index contributed by atoms with van der Waals surface area (Å²) in [5.74, 6) is -2.26. The first-order valence-electron chi connectivity index (χ1n) is 10.4. The fraction of sp³-hybridized carbons (Fsp3) is 0.391. The molecule has 2 aliphatic rings. The number of esters is 1. The number of carbonyl (C=O) groups excluding carboxylic acids is 1. The van der Waals surface area contributed by atoms with E-state index >= 15 is 0 Å². The summed E-state index contributed by atoms with van der Waals surface area (Å²) in [5.41, 5.74) is 1.42. The number of aliphatic hydroxyl groups excluding tert-OH is 1. The van der Waals surface area contributed by atoms with Gasteiger partial charge >= 0.3 is 5.97 Å². The van der Waals surface area contributed by atoms with Crippen molar-refractivity contribution in [1.29, 1.82) is 0 Å². The van der Waals surface area contributed by atoms with E-state index in [1.807, 2.05) is 0 Å². The van der Waals surface area contributed by atoms with Crippen molar-refractivity contribution in [2.75, 3.05) is 13.7 Å². The Kier molecular flexibility index (Phi) is 5.83. The third-order valence-corrected chi connectivity index (χ3v) is 8.30. The molecule has 4 rings (SSSR count). The largest absolute Gasteiger partial charge is 0.469 e. The summed E-state index contributed by atoms with van der Waals surface area (Å²) in [6, 6.07) is 8.14. The fourth-order valence-corrected chi connectivity index (χ4v) is 6.95. The number of nitrogens with zero attached hydrogens (tertiary/aromatic N) is 2. The molecule has 1 aromatic heterocycles. The summed E-state index contributed by atoms with van der Waals surface area (Å²) in [6.07, 6.45) is 3.44. The van der Waals surface area contributed by atoms with Gasteiger partial charge in [-0.3, -0.25) is 9.59 Å². The molecule has 0 aliphatic carbocycles. The summed E-state index contributed by atoms with van der Waals surface area (Å²) in [7, 11) is -2.79. The van der Waals surface area contributed by atoms with Crippen molar-refractivity contribution in [2.24, 2.45) is 11.8 Å². The van der Waals surface area contributed by atoms with E-state index in [0.717, 1.165) is 5.56 Å². The molecule has 3 heterocycles. The lowest BCUT2D eigenvalue weighted by atomic mass is 9.87. The molecule has 0 radical (unpaired) electrons. The average Bonchev–Trinajstić information content (AvgIpc) is 3.03. The van der Waals surface area contributed by atoms with Crippen molar-refractivity contribution < 1.29 is 23.1 Å². The van der Waals surface area contributed by atoms with Gasteiger partial charge in [0.25, 0.3) is 5.56 Å². The summed E-state index contributed by atoms with van der Waals surface area (Å²) in [5, 5.41) is 10.2. The quantitative estimate of drug-likeness (QED) is 0.684. The van der Waals surface area contributed by atoms with Crippen molar-refractivity contribution in [3.05, 3.63) is 69.6 Å². The van der Waals surface area contributed by atoms with Crippen LogP contribution in [0.4, 0.5) is 0 Å². The minimum atomic E-state index is -4.03. The number of ether oxygens (including phenoxy) is 1. The van der Waals surface area contributed by atoms with E-state index in [1.165, 1.54) is 22.0 Å². The number of carbonyl (C=O) groups is 1. The summed E-state index contributed by atoms with van der Waals surface area (Å²) < 4.78 is 35.4. The van der Waals surface area contributed by atoms with Crippen LogP contribution in [0.1, 0.15) is 29.8 Å². The molecule has 8 nitrogen and oxygen atoms in total. The fourth-order valence-electron chi connectivity index (χ4n) is 5.01. The highest BCUT2D eigenvalue weighted by Crippen LogP contribution is 2.51. The number of aromatic nitrogens is 1. The first-order chi connectivity index (χ1) is 15.3. The summed E-state index contributed by atoms with van der Waals surface area (Å²) in [6.45, 7) is 3.23. The van der Waals surface area contributed by atoms with Crippen LogP contribution in [0.2, 0.25) is 0 Å². The van der Waals surface area contributed by atoms with Crippen molar-refractivity contribution in [1.82, 2.24) is 8.87 Å². The number of benzene rings is 1. The van der Waals surface area contributed by atoms with Gasteiger partial charge in [-0.2, -0.15) is 4.31 Å². The molecule has 0 amide bonds. The molecule has 2 aliphatic heterocycles. The van der Waals surface area contributed by atoms with Gasteiger partial charge in [-0.05, 0) is 43.7 Å². The molecule has 1 aromatic carbocycles. The lowest BCUT2D eigenvalue weighted by Crippen LogP contribution is -2.49. The molecule has 32 heavy (non-hydrogen) atoms. The highest BCUT2D eigenvalue weighted by Gasteiger charge is 2.60. The Bertz CT molecular complexity index is 1250. The molecule has 9 heteroatoms. The maximum Gasteiger partial charge on any atom is 0.311 e. The predicted octanol–water partition coefficient (Wildman–Crippen LogP) is 1.72. The molecular weight excluding hydrogens is 432 g/mol.